The van der Waals surface area contributed by atoms with Gasteiger partial charge < -0.3 is 4.90 Å². The van der Waals surface area contributed by atoms with E-state index in [1.54, 1.807) is 0 Å². The summed E-state index contributed by atoms with van der Waals surface area (Å²) in [6, 6.07) is 0.0317. The van der Waals surface area contributed by atoms with Crippen molar-refractivity contribution >= 4 is 16.1 Å². The van der Waals surface area contributed by atoms with E-state index in [2.05, 4.69) is 0 Å². The van der Waals surface area contributed by atoms with Crippen LogP contribution in [0.1, 0.15) is 33.1 Å². The second kappa shape index (κ2) is 4.47. The minimum atomic E-state index is -4.58. The van der Waals surface area contributed by atoms with Gasteiger partial charge in [-0.3, -0.25) is 4.79 Å². The Morgan fingerprint density at radius 2 is 2.00 bits per heavy atom. The Hall–Kier alpha value is -0.650. The molecule has 0 N–H and O–H groups in total. The molecular weight excluding hydrogens is 221 g/mol. The van der Waals surface area contributed by atoms with E-state index in [0.29, 0.717) is 0 Å². The molecule has 0 saturated carbocycles. The van der Waals surface area contributed by atoms with Crippen LogP contribution in [0, 0.1) is 0 Å². The summed E-state index contributed by atoms with van der Waals surface area (Å²) in [7, 11) is -4.58. The lowest BCUT2D eigenvalue weighted by Gasteiger charge is -2.25. The monoisotopic (exact) mass is 237 g/mol. The van der Waals surface area contributed by atoms with Gasteiger partial charge in [0.15, 0.2) is 0 Å². The standard InChI is InChI=1S/C9H16FNO3S/c1-3-7(4-2)11-6-8(5-9(11)12)15(10,13)14/h7-8H,3-6H2,1-2H3. The van der Waals surface area contributed by atoms with Gasteiger partial charge in [0.05, 0.1) is 0 Å². The van der Waals surface area contributed by atoms with Crippen molar-refractivity contribution in [2.24, 2.45) is 0 Å². The molecule has 15 heavy (non-hydrogen) atoms. The van der Waals surface area contributed by atoms with E-state index in [1.165, 1.54) is 4.90 Å². The van der Waals surface area contributed by atoms with Crippen LogP contribution in [0.5, 0.6) is 0 Å². The van der Waals surface area contributed by atoms with Crippen LogP contribution in [0.3, 0.4) is 0 Å². The Bertz CT molecular complexity index is 337. The number of amides is 1. The van der Waals surface area contributed by atoms with Crippen molar-refractivity contribution in [3.05, 3.63) is 0 Å². The number of hydrogen-bond donors (Lipinski definition) is 0. The summed E-state index contributed by atoms with van der Waals surface area (Å²) in [5.41, 5.74) is 0. The lowest BCUT2D eigenvalue weighted by Crippen LogP contribution is -2.36. The van der Waals surface area contributed by atoms with Crippen LogP contribution in [0.15, 0.2) is 0 Å². The zero-order valence-corrected chi connectivity index (χ0v) is 9.76. The third-order valence-electron chi connectivity index (χ3n) is 2.90. The zero-order chi connectivity index (χ0) is 11.6. The Kier molecular flexibility index (Phi) is 3.70. The lowest BCUT2D eigenvalue weighted by atomic mass is 10.1. The Labute approximate surface area is 89.7 Å². The predicted molar refractivity (Wildman–Crippen MR) is 54.5 cm³/mol. The van der Waals surface area contributed by atoms with Crippen molar-refractivity contribution in [2.75, 3.05) is 6.54 Å². The molecule has 0 spiro atoms. The van der Waals surface area contributed by atoms with Crippen LogP contribution in [-0.2, 0) is 15.0 Å². The molecule has 0 radical (unpaired) electrons. The van der Waals surface area contributed by atoms with Gasteiger partial charge in [0.1, 0.15) is 5.25 Å². The Morgan fingerprint density at radius 3 is 2.33 bits per heavy atom. The maximum absolute atomic E-state index is 12.7. The van der Waals surface area contributed by atoms with Crippen LogP contribution in [0.25, 0.3) is 0 Å². The average Bonchev–Trinajstić information content (AvgIpc) is 2.50. The van der Waals surface area contributed by atoms with E-state index in [1.807, 2.05) is 13.8 Å². The molecule has 1 amide bonds. The summed E-state index contributed by atoms with van der Waals surface area (Å²) in [5, 5.41) is -1.16. The number of rotatable bonds is 4. The van der Waals surface area contributed by atoms with Gasteiger partial charge in [0.25, 0.3) is 0 Å². The summed E-state index contributed by atoms with van der Waals surface area (Å²) in [6.07, 6.45) is 1.32. The third-order valence-corrected chi connectivity index (χ3v) is 4.02. The highest BCUT2D eigenvalue weighted by Crippen LogP contribution is 2.23. The molecule has 0 aromatic carbocycles. The highest BCUT2D eigenvalue weighted by molar-refractivity contribution is 7.87. The molecule has 1 atom stereocenters. The van der Waals surface area contributed by atoms with E-state index in [0.717, 1.165) is 12.8 Å². The zero-order valence-electron chi connectivity index (χ0n) is 8.94. The second-order valence-corrected chi connectivity index (χ2v) is 5.44. The normalized spacial score (nSPS) is 22.8. The van der Waals surface area contributed by atoms with Crippen molar-refractivity contribution in [3.63, 3.8) is 0 Å². The fourth-order valence-corrected chi connectivity index (χ4v) is 2.65. The Balaban J connectivity index is 2.77. The molecule has 0 aliphatic carbocycles. The molecule has 1 aliphatic rings. The molecule has 1 fully saturated rings. The highest BCUT2D eigenvalue weighted by Gasteiger charge is 2.40. The third kappa shape index (κ3) is 2.68. The summed E-state index contributed by atoms with van der Waals surface area (Å²) in [6.45, 7) is 3.86. The maximum atomic E-state index is 12.7. The smallest absolute Gasteiger partial charge is 0.307 e. The van der Waals surface area contributed by atoms with Crippen LogP contribution in [0.4, 0.5) is 3.89 Å². The second-order valence-electron chi connectivity index (χ2n) is 3.82. The van der Waals surface area contributed by atoms with Crippen LogP contribution in [0.2, 0.25) is 0 Å². The molecule has 0 bridgehead atoms. The van der Waals surface area contributed by atoms with Crippen molar-refractivity contribution in [1.29, 1.82) is 0 Å². The molecular formula is C9H16FNO3S. The van der Waals surface area contributed by atoms with E-state index in [-0.39, 0.29) is 24.9 Å². The largest absolute Gasteiger partial charge is 0.338 e. The van der Waals surface area contributed by atoms with E-state index >= 15 is 0 Å². The van der Waals surface area contributed by atoms with Crippen LogP contribution < -0.4 is 0 Å². The first kappa shape index (κ1) is 12.4. The van der Waals surface area contributed by atoms with E-state index in [4.69, 9.17) is 0 Å². The number of carbonyl (C=O) groups is 1. The lowest BCUT2D eigenvalue weighted by molar-refractivity contribution is -0.129. The number of likely N-dealkylation sites (tertiary alicyclic amines) is 1. The molecule has 4 nitrogen and oxygen atoms in total. The minimum absolute atomic E-state index is 0.00398. The number of hydrogen-bond acceptors (Lipinski definition) is 3. The van der Waals surface area contributed by atoms with Crippen molar-refractivity contribution in [2.45, 2.75) is 44.4 Å². The summed E-state index contributed by atoms with van der Waals surface area (Å²) < 4.78 is 34.1. The predicted octanol–water partition coefficient (Wildman–Crippen LogP) is 1.08. The number of nitrogens with zero attached hydrogens (tertiary/aromatic N) is 1. The first-order valence-electron chi connectivity index (χ1n) is 5.13. The van der Waals surface area contributed by atoms with Gasteiger partial charge >= 0.3 is 10.2 Å². The molecule has 1 heterocycles. The summed E-state index contributed by atoms with van der Waals surface area (Å²) >= 11 is 0. The van der Waals surface area contributed by atoms with Gasteiger partial charge in [0.2, 0.25) is 5.91 Å². The van der Waals surface area contributed by atoms with Crippen molar-refractivity contribution < 1.29 is 17.1 Å². The van der Waals surface area contributed by atoms with Gasteiger partial charge in [-0.2, -0.15) is 8.42 Å². The van der Waals surface area contributed by atoms with E-state index in [9.17, 15) is 17.1 Å². The van der Waals surface area contributed by atoms with Gasteiger partial charge in [-0.1, -0.05) is 13.8 Å². The summed E-state index contributed by atoms with van der Waals surface area (Å²) in [5.74, 6) is -0.255. The Morgan fingerprint density at radius 1 is 1.47 bits per heavy atom. The molecule has 1 saturated heterocycles. The molecule has 6 heteroatoms. The topological polar surface area (TPSA) is 54.5 Å². The minimum Gasteiger partial charge on any atom is -0.338 e. The van der Waals surface area contributed by atoms with E-state index < -0.39 is 15.5 Å². The first-order chi connectivity index (χ1) is 6.90. The molecule has 1 aliphatic heterocycles. The quantitative estimate of drug-likeness (QED) is 0.687. The van der Waals surface area contributed by atoms with Gasteiger partial charge in [0, 0.05) is 19.0 Å². The molecule has 0 aromatic heterocycles. The molecule has 0 aromatic rings. The van der Waals surface area contributed by atoms with Crippen LogP contribution >= 0.6 is 0 Å². The van der Waals surface area contributed by atoms with Gasteiger partial charge in [-0.05, 0) is 12.8 Å². The maximum Gasteiger partial charge on any atom is 0.307 e. The van der Waals surface area contributed by atoms with Crippen molar-refractivity contribution in [1.82, 2.24) is 4.90 Å². The van der Waals surface area contributed by atoms with Crippen molar-refractivity contribution in [3.8, 4) is 0 Å². The first-order valence-corrected chi connectivity index (χ1v) is 6.57. The SMILES string of the molecule is CCC(CC)N1CC(S(=O)(=O)F)CC1=O. The molecule has 1 unspecified atom stereocenters. The van der Waals surface area contributed by atoms with Gasteiger partial charge in [-0.25, -0.2) is 0 Å². The van der Waals surface area contributed by atoms with Crippen LogP contribution in [-0.4, -0.2) is 37.1 Å². The highest BCUT2D eigenvalue weighted by atomic mass is 32.3. The fourth-order valence-electron chi connectivity index (χ4n) is 1.97. The fraction of sp³-hybridized carbons (Fsp3) is 0.889. The average molecular weight is 237 g/mol. The number of carbonyl (C=O) groups excluding carboxylic acids is 1. The van der Waals surface area contributed by atoms with Gasteiger partial charge in [-0.15, -0.1) is 3.89 Å². The summed E-state index contributed by atoms with van der Waals surface area (Å²) in [4.78, 5) is 13.0. The molecule has 1 rings (SSSR count). The molecule has 88 valence electrons. The number of halogens is 1.